The lowest BCUT2D eigenvalue weighted by Crippen LogP contribution is -2.15. The second-order valence-corrected chi connectivity index (χ2v) is 5.15. The van der Waals surface area contributed by atoms with Gasteiger partial charge in [0.15, 0.2) is 0 Å². The summed E-state index contributed by atoms with van der Waals surface area (Å²) < 4.78 is 0. The van der Waals surface area contributed by atoms with E-state index in [1.165, 1.54) is 9.75 Å². The van der Waals surface area contributed by atoms with Crippen molar-refractivity contribution in [2.45, 2.75) is 13.0 Å². The molecule has 74 valence electrons. The van der Waals surface area contributed by atoms with Crippen molar-refractivity contribution in [3.8, 4) is 0 Å². The summed E-state index contributed by atoms with van der Waals surface area (Å²) in [5, 5.41) is 7.70. The highest BCUT2D eigenvalue weighted by Crippen LogP contribution is 2.09. The Morgan fingerprint density at radius 3 is 2.36 bits per heavy atom. The number of rotatable bonds is 5. The molecule has 0 aromatic carbocycles. The van der Waals surface area contributed by atoms with Crippen LogP contribution in [-0.2, 0) is 13.0 Å². The van der Waals surface area contributed by atoms with Crippen molar-refractivity contribution >= 4 is 22.7 Å². The van der Waals surface area contributed by atoms with Gasteiger partial charge in [0.1, 0.15) is 0 Å². The third-order valence-corrected chi connectivity index (χ3v) is 3.82. The highest BCUT2D eigenvalue weighted by atomic mass is 32.1. The van der Waals surface area contributed by atoms with E-state index in [-0.39, 0.29) is 0 Å². The van der Waals surface area contributed by atoms with Crippen LogP contribution in [0.15, 0.2) is 35.0 Å². The summed E-state index contributed by atoms with van der Waals surface area (Å²) in [5.41, 5.74) is 0. The van der Waals surface area contributed by atoms with Gasteiger partial charge >= 0.3 is 0 Å². The maximum absolute atomic E-state index is 3.44. The Morgan fingerprint density at radius 1 is 1.00 bits per heavy atom. The van der Waals surface area contributed by atoms with Crippen LogP contribution in [0.25, 0.3) is 0 Å². The van der Waals surface area contributed by atoms with Crippen molar-refractivity contribution < 1.29 is 0 Å². The molecular formula is C11H13NS2. The molecule has 0 unspecified atom stereocenters. The Labute approximate surface area is 92.4 Å². The van der Waals surface area contributed by atoms with E-state index in [0.717, 1.165) is 19.5 Å². The van der Waals surface area contributed by atoms with Gasteiger partial charge in [-0.1, -0.05) is 12.1 Å². The fourth-order valence-corrected chi connectivity index (χ4v) is 2.67. The topological polar surface area (TPSA) is 12.0 Å². The van der Waals surface area contributed by atoms with Crippen LogP contribution in [0.2, 0.25) is 0 Å². The number of thiophene rings is 2. The first-order chi connectivity index (χ1) is 6.95. The van der Waals surface area contributed by atoms with Gasteiger partial charge in [-0.3, -0.25) is 0 Å². The smallest absolute Gasteiger partial charge is 0.0299 e. The monoisotopic (exact) mass is 223 g/mol. The SMILES string of the molecule is c1csc(CCNCc2cccs2)c1. The molecule has 0 aliphatic rings. The lowest BCUT2D eigenvalue weighted by atomic mass is 10.3. The van der Waals surface area contributed by atoms with Crippen molar-refractivity contribution in [2.24, 2.45) is 0 Å². The molecule has 0 aliphatic carbocycles. The van der Waals surface area contributed by atoms with Gasteiger partial charge in [0.05, 0.1) is 0 Å². The molecule has 0 bridgehead atoms. The molecule has 1 N–H and O–H groups in total. The second-order valence-electron chi connectivity index (χ2n) is 3.09. The van der Waals surface area contributed by atoms with E-state index in [9.17, 15) is 0 Å². The average molecular weight is 223 g/mol. The molecule has 14 heavy (non-hydrogen) atoms. The van der Waals surface area contributed by atoms with Crippen molar-refractivity contribution in [2.75, 3.05) is 6.54 Å². The van der Waals surface area contributed by atoms with Crippen molar-refractivity contribution in [1.82, 2.24) is 5.32 Å². The van der Waals surface area contributed by atoms with Crippen LogP contribution in [0.3, 0.4) is 0 Å². The number of hydrogen-bond acceptors (Lipinski definition) is 3. The molecule has 2 aromatic heterocycles. The lowest BCUT2D eigenvalue weighted by molar-refractivity contribution is 0.697. The molecule has 0 spiro atoms. The zero-order valence-corrected chi connectivity index (χ0v) is 9.53. The van der Waals surface area contributed by atoms with Gasteiger partial charge in [0.2, 0.25) is 0 Å². The standard InChI is InChI=1S/C11H13NS2/c1-3-10(13-7-1)5-6-12-9-11-4-2-8-14-11/h1-4,7-8,12H,5-6,9H2. The molecule has 2 aromatic rings. The molecule has 0 atom stereocenters. The maximum atomic E-state index is 3.44. The van der Waals surface area contributed by atoms with Gasteiger partial charge in [0.25, 0.3) is 0 Å². The number of nitrogens with one attached hydrogen (secondary N) is 1. The van der Waals surface area contributed by atoms with Crippen LogP contribution in [-0.4, -0.2) is 6.54 Å². The van der Waals surface area contributed by atoms with Gasteiger partial charge in [-0.25, -0.2) is 0 Å². The first-order valence-electron chi connectivity index (χ1n) is 4.70. The zero-order valence-electron chi connectivity index (χ0n) is 7.90. The Balaban J connectivity index is 1.65. The first-order valence-corrected chi connectivity index (χ1v) is 6.46. The molecule has 0 aliphatic heterocycles. The van der Waals surface area contributed by atoms with Gasteiger partial charge in [-0.05, 0) is 29.3 Å². The van der Waals surface area contributed by atoms with E-state index in [0.29, 0.717) is 0 Å². The summed E-state index contributed by atoms with van der Waals surface area (Å²) in [4.78, 5) is 2.87. The molecule has 0 fully saturated rings. The molecular weight excluding hydrogens is 210 g/mol. The minimum atomic E-state index is 1.00. The Morgan fingerprint density at radius 2 is 1.71 bits per heavy atom. The third-order valence-electron chi connectivity index (χ3n) is 2.01. The fraction of sp³-hybridized carbons (Fsp3) is 0.273. The van der Waals surface area contributed by atoms with Crippen molar-refractivity contribution in [1.29, 1.82) is 0 Å². The summed E-state index contributed by atoms with van der Waals surface area (Å²) in [6.45, 7) is 2.07. The predicted molar refractivity (Wildman–Crippen MR) is 64.0 cm³/mol. The molecule has 0 saturated heterocycles. The molecule has 2 heterocycles. The fourth-order valence-electron chi connectivity index (χ4n) is 1.29. The minimum Gasteiger partial charge on any atom is -0.311 e. The second kappa shape index (κ2) is 5.29. The van der Waals surface area contributed by atoms with Gasteiger partial charge in [-0.2, -0.15) is 0 Å². The molecule has 3 heteroatoms. The van der Waals surface area contributed by atoms with Crippen LogP contribution in [0.1, 0.15) is 9.75 Å². The zero-order chi connectivity index (χ0) is 9.64. The molecule has 0 saturated carbocycles. The molecule has 2 rings (SSSR count). The van der Waals surface area contributed by atoms with Gasteiger partial charge in [-0.15, -0.1) is 22.7 Å². The quantitative estimate of drug-likeness (QED) is 0.768. The highest BCUT2D eigenvalue weighted by molar-refractivity contribution is 7.10. The number of hydrogen-bond donors (Lipinski definition) is 1. The summed E-state index contributed by atoms with van der Waals surface area (Å²) >= 11 is 3.64. The van der Waals surface area contributed by atoms with Gasteiger partial charge in [0, 0.05) is 22.8 Å². The van der Waals surface area contributed by atoms with E-state index in [1.54, 1.807) is 0 Å². The third kappa shape index (κ3) is 2.94. The summed E-state index contributed by atoms with van der Waals surface area (Å²) in [6, 6.07) is 8.57. The Kier molecular flexibility index (Phi) is 3.74. The van der Waals surface area contributed by atoms with Crippen LogP contribution in [0, 0.1) is 0 Å². The minimum absolute atomic E-state index is 1.00. The lowest BCUT2D eigenvalue weighted by Gasteiger charge is -2.00. The first kappa shape index (κ1) is 9.90. The van der Waals surface area contributed by atoms with Crippen LogP contribution < -0.4 is 5.32 Å². The summed E-state index contributed by atoms with van der Waals surface area (Å²) in [7, 11) is 0. The maximum Gasteiger partial charge on any atom is 0.0299 e. The van der Waals surface area contributed by atoms with E-state index in [1.807, 2.05) is 22.7 Å². The predicted octanol–water partition coefficient (Wildman–Crippen LogP) is 3.14. The average Bonchev–Trinajstić information content (AvgIpc) is 2.86. The molecule has 0 radical (unpaired) electrons. The van der Waals surface area contributed by atoms with Crippen LogP contribution in [0.5, 0.6) is 0 Å². The van der Waals surface area contributed by atoms with Crippen LogP contribution >= 0.6 is 22.7 Å². The van der Waals surface area contributed by atoms with E-state index >= 15 is 0 Å². The van der Waals surface area contributed by atoms with E-state index < -0.39 is 0 Å². The van der Waals surface area contributed by atoms with Crippen LogP contribution in [0.4, 0.5) is 0 Å². The highest BCUT2D eigenvalue weighted by Gasteiger charge is 1.94. The largest absolute Gasteiger partial charge is 0.311 e. The van der Waals surface area contributed by atoms with Crippen molar-refractivity contribution in [3.63, 3.8) is 0 Å². The Bertz CT molecular complexity index is 301. The molecule has 1 nitrogen and oxygen atoms in total. The Hall–Kier alpha value is -0.640. The van der Waals surface area contributed by atoms with E-state index in [2.05, 4.69) is 40.3 Å². The van der Waals surface area contributed by atoms with E-state index in [4.69, 9.17) is 0 Å². The summed E-state index contributed by atoms with van der Waals surface area (Å²) in [5.74, 6) is 0. The molecule has 0 amide bonds. The summed E-state index contributed by atoms with van der Waals surface area (Å²) in [6.07, 6.45) is 1.14. The van der Waals surface area contributed by atoms with Crippen molar-refractivity contribution in [3.05, 3.63) is 44.8 Å². The van der Waals surface area contributed by atoms with Gasteiger partial charge < -0.3 is 5.32 Å². The normalized spacial score (nSPS) is 10.6.